The Kier molecular flexibility index (Phi) is 4.68. The summed E-state index contributed by atoms with van der Waals surface area (Å²) in [5.41, 5.74) is 3.61. The van der Waals surface area contributed by atoms with Gasteiger partial charge in [-0.25, -0.2) is 4.68 Å². The number of nitrogens with one attached hydrogen (secondary N) is 1. The van der Waals surface area contributed by atoms with Crippen LogP contribution in [0.5, 0.6) is 0 Å². The zero-order valence-corrected chi connectivity index (χ0v) is 11.9. The van der Waals surface area contributed by atoms with E-state index in [1.165, 1.54) is 11.1 Å². The van der Waals surface area contributed by atoms with Crippen LogP contribution in [0, 0.1) is 0 Å². The molecule has 0 bridgehead atoms. The third-order valence-electron chi connectivity index (χ3n) is 3.05. The first-order valence-corrected chi connectivity index (χ1v) is 6.87. The van der Waals surface area contributed by atoms with Crippen LogP contribution in [0.15, 0.2) is 30.5 Å². The Balaban J connectivity index is 1.95. The Labute approximate surface area is 114 Å². The van der Waals surface area contributed by atoms with Crippen LogP contribution >= 0.6 is 0 Å². The highest BCUT2D eigenvalue weighted by Gasteiger charge is 2.02. The monoisotopic (exact) mass is 258 g/mol. The fourth-order valence-electron chi connectivity index (χ4n) is 1.87. The van der Waals surface area contributed by atoms with Gasteiger partial charge in [-0.3, -0.25) is 0 Å². The zero-order chi connectivity index (χ0) is 13.7. The van der Waals surface area contributed by atoms with Crippen molar-refractivity contribution in [3.05, 3.63) is 47.3 Å². The third kappa shape index (κ3) is 4.17. The smallest absolute Gasteiger partial charge is 0.0965 e. The van der Waals surface area contributed by atoms with Gasteiger partial charge in [0.05, 0.1) is 18.4 Å². The van der Waals surface area contributed by atoms with Gasteiger partial charge in [0.25, 0.3) is 0 Å². The van der Waals surface area contributed by atoms with Crippen LogP contribution in [0.2, 0.25) is 0 Å². The lowest BCUT2D eigenvalue weighted by atomic mass is 10.1. The summed E-state index contributed by atoms with van der Waals surface area (Å²) in [7, 11) is 0. The number of aryl methyl sites for hydroxylation is 1. The van der Waals surface area contributed by atoms with Crippen molar-refractivity contribution in [2.45, 2.75) is 46.3 Å². The van der Waals surface area contributed by atoms with E-state index in [0.717, 1.165) is 25.2 Å². The van der Waals surface area contributed by atoms with Gasteiger partial charge < -0.3 is 5.32 Å². The van der Waals surface area contributed by atoms with Gasteiger partial charge in [-0.05, 0) is 17.5 Å². The molecule has 1 heterocycles. The van der Waals surface area contributed by atoms with Gasteiger partial charge in [0.15, 0.2) is 0 Å². The SMILES string of the molecule is CCc1ccc(Cn2cc(CNC(C)C)nn2)cc1. The molecule has 0 radical (unpaired) electrons. The van der Waals surface area contributed by atoms with E-state index in [1.54, 1.807) is 0 Å². The number of hydrogen-bond acceptors (Lipinski definition) is 3. The molecule has 0 aliphatic rings. The number of aromatic nitrogens is 3. The minimum Gasteiger partial charge on any atom is -0.309 e. The van der Waals surface area contributed by atoms with E-state index in [2.05, 4.69) is 60.7 Å². The van der Waals surface area contributed by atoms with E-state index >= 15 is 0 Å². The second-order valence-electron chi connectivity index (χ2n) is 5.11. The Morgan fingerprint density at radius 3 is 2.47 bits per heavy atom. The summed E-state index contributed by atoms with van der Waals surface area (Å²) < 4.78 is 1.89. The fraction of sp³-hybridized carbons (Fsp3) is 0.467. The average molecular weight is 258 g/mol. The maximum atomic E-state index is 4.17. The predicted octanol–water partition coefficient (Wildman–Crippen LogP) is 2.39. The standard InChI is InChI=1S/C15H22N4/c1-4-13-5-7-14(8-6-13)10-19-11-15(17-18-19)9-16-12(2)3/h5-8,11-12,16H,4,9-10H2,1-3H3. The molecule has 0 aliphatic heterocycles. The highest BCUT2D eigenvalue weighted by Crippen LogP contribution is 2.06. The van der Waals surface area contributed by atoms with E-state index < -0.39 is 0 Å². The summed E-state index contributed by atoms with van der Waals surface area (Å²) in [4.78, 5) is 0. The van der Waals surface area contributed by atoms with Gasteiger partial charge in [0.1, 0.15) is 0 Å². The van der Waals surface area contributed by atoms with E-state index in [9.17, 15) is 0 Å². The third-order valence-corrected chi connectivity index (χ3v) is 3.05. The van der Waals surface area contributed by atoms with Crippen molar-refractivity contribution in [3.8, 4) is 0 Å². The molecule has 0 saturated carbocycles. The molecular formula is C15H22N4. The van der Waals surface area contributed by atoms with E-state index in [-0.39, 0.29) is 0 Å². The van der Waals surface area contributed by atoms with Crippen molar-refractivity contribution in [2.24, 2.45) is 0 Å². The number of rotatable bonds is 6. The Morgan fingerprint density at radius 1 is 1.16 bits per heavy atom. The molecule has 0 atom stereocenters. The van der Waals surface area contributed by atoms with Gasteiger partial charge in [0, 0.05) is 12.6 Å². The highest BCUT2D eigenvalue weighted by atomic mass is 15.4. The molecule has 4 nitrogen and oxygen atoms in total. The van der Waals surface area contributed by atoms with Gasteiger partial charge >= 0.3 is 0 Å². The largest absolute Gasteiger partial charge is 0.309 e. The van der Waals surface area contributed by atoms with Gasteiger partial charge in [0.2, 0.25) is 0 Å². The Morgan fingerprint density at radius 2 is 1.84 bits per heavy atom. The molecule has 19 heavy (non-hydrogen) atoms. The Bertz CT molecular complexity index is 499. The molecule has 0 amide bonds. The van der Waals surface area contributed by atoms with Crippen molar-refractivity contribution in [1.29, 1.82) is 0 Å². The van der Waals surface area contributed by atoms with Crippen LogP contribution in [-0.2, 0) is 19.5 Å². The second-order valence-corrected chi connectivity index (χ2v) is 5.11. The topological polar surface area (TPSA) is 42.7 Å². The molecule has 1 aromatic carbocycles. The molecule has 102 valence electrons. The van der Waals surface area contributed by atoms with Gasteiger partial charge in [-0.15, -0.1) is 5.10 Å². The van der Waals surface area contributed by atoms with E-state index in [0.29, 0.717) is 6.04 Å². The number of benzene rings is 1. The fourth-order valence-corrected chi connectivity index (χ4v) is 1.87. The lowest BCUT2D eigenvalue weighted by Gasteiger charge is -2.04. The summed E-state index contributed by atoms with van der Waals surface area (Å²) in [5, 5.41) is 11.7. The van der Waals surface area contributed by atoms with Crippen molar-refractivity contribution in [3.63, 3.8) is 0 Å². The molecule has 0 unspecified atom stereocenters. The van der Waals surface area contributed by atoms with Crippen LogP contribution in [0.25, 0.3) is 0 Å². The summed E-state index contributed by atoms with van der Waals surface area (Å²) >= 11 is 0. The maximum absolute atomic E-state index is 4.17. The van der Waals surface area contributed by atoms with Crippen molar-refractivity contribution in [2.75, 3.05) is 0 Å². The quantitative estimate of drug-likeness (QED) is 0.865. The minimum absolute atomic E-state index is 0.465. The summed E-state index contributed by atoms with van der Waals surface area (Å²) in [6.45, 7) is 7.96. The lowest BCUT2D eigenvalue weighted by Crippen LogP contribution is -2.21. The summed E-state index contributed by atoms with van der Waals surface area (Å²) in [6, 6.07) is 9.13. The molecule has 0 saturated heterocycles. The second kappa shape index (κ2) is 6.48. The predicted molar refractivity (Wildman–Crippen MR) is 76.9 cm³/mol. The Hall–Kier alpha value is -1.68. The molecule has 2 rings (SSSR count). The van der Waals surface area contributed by atoms with Crippen LogP contribution in [0.3, 0.4) is 0 Å². The van der Waals surface area contributed by atoms with Crippen LogP contribution < -0.4 is 5.32 Å². The average Bonchev–Trinajstić information content (AvgIpc) is 2.85. The van der Waals surface area contributed by atoms with Crippen LogP contribution in [-0.4, -0.2) is 21.0 Å². The lowest BCUT2D eigenvalue weighted by molar-refractivity contribution is 0.580. The van der Waals surface area contributed by atoms with E-state index in [1.807, 2.05) is 10.9 Å². The zero-order valence-electron chi connectivity index (χ0n) is 11.9. The van der Waals surface area contributed by atoms with Crippen LogP contribution in [0.4, 0.5) is 0 Å². The molecule has 1 aromatic heterocycles. The van der Waals surface area contributed by atoms with E-state index in [4.69, 9.17) is 0 Å². The first-order chi connectivity index (χ1) is 9.17. The minimum atomic E-state index is 0.465. The number of hydrogen-bond donors (Lipinski definition) is 1. The highest BCUT2D eigenvalue weighted by molar-refractivity contribution is 5.22. The molecule has 4 heteroatoms. The maximum Gasteiger partial charge on any atom is 0.0965 e. The first-order valence-electron chi connectivity index (χ1n) is 6.87. The van der Waals surface area contributed by atoms with Crippen molar-refractivity contribution < 1.29 is 0 Å². The first kappa shape index (κ1) is 13.7. The normalized spacial score (nSPS) is 11.2. The summed E-state index contributed by atoms with van der Waals surface area (Å²) in [6.07, 6.45) is 3.08. The molecule has 0 aliphatic carbocycles. The number of nitrogens with zero attached hydrogens (tertiary/aromatic N) is 3. The van der Waals surface area contributed by atoms with Gasteiger partial charge in [-0.2, -0.15) is 0 Å². The summed E-state index contributed by atoms with van der Waals surface area (Å²) in [5.74, 6) is 0. The molecular weight excluding hydrogens is 236 g/mol. The van der Waals surface area contributed by atoms with Crippen molar-refractivity contribution >= 4 is 0 Å². The molecule has 0 fully saturated rings. The van der Waals surface area contributed by atoms with Crippen LogP contribution in [0.1, 0.15) is 37.6 Å². The van der Waals surface area contributed by atoms with Gasteiger partial charge in [-0.1, -0.05) is 50.3 Å². The van der Waals surface area contributed by atoms with Crippen molar-refractivity contribution in [1.82, 2.24) is 20.3 Å². The molecule has 0 spiro atoms. The molecule has 2 aromatic rings. The molecule has 1 N–H and O–H groups in total.